The van der Waals surface area contributed by atoms with Gasteiger partial charge >= 0.3 is 5.97 Å². The highest BCUT2D eigenvalue weighted by Gasteiger charge is 2.48. The third kappa shape index (κ3) is 4.14. The SMILES string of the molecule is C=C(C)[C@H]1C/C(O)=C2/CC[C@@H](OC(=O)C(C)(C)C)[C@H]2CC2(C1)SCCS2. The van der Waals surface area contributed by atoms with Crippen LogP contribution in [0.25, 0.3) is 0 Å². The number of hydrogen-bond donors (Lipinski definition) is 1. The minimum atomic E-state index is -0.490. The lowest BCUT2D eigenvalue weighted by Gasteiger charge is -2.38. The van der Waals surface area contributed by atoms with Crippen molar-refractivity contribution >= 4 is 29.5 Å². The highest BCUT2D eigenvalue weighted by Crippen LogP contribution is 2.57. The summed E-state index contributed by atoms with van der Waals surface area (Å²) in [5.74, 6) is 3.24. The van der Waals surface area contributed by atoms with E-state index in [0.717, 1.165) is 36.8 Å². The Kier molecular flexibility index (Phi) is 5.79. The molecule has 0 amide bonds. The van der Waals surface area contributed by atoms with E-state index in [1.807, 2.05) is 20.8 Å². The van der Waals surface area contributed by atoms with Crippen LogP contribution in [0.5, 0.6) is 0 Å². The Bertz CT molecular complexity index is 611. The van der Waals surface area contributed by atoms with Gasteiger partial charge in [-0.05, 0) is 64.9 Å². The molecule has 0 unspecified atom stereocenters. The van der Waals surface area contributed by atoms with Gasteiger partial charge in [0.2, 0.25) is 0 Å². The van der Waals surface area contributed by atoms with Crippen LogP contribution in [0.2, 0.25) is 0 Å². The number of allylic oxidation sites excluding steroid dienone is 2. The van der Waals surface area contributed by atoms with Crippen molar-refractivity contribution in [2.45, 2.75) is 70.0 Å². The molecule has 2 fully saturated rings. The lowest BCUT2D eigenvalue weighted by molar-refractivity contribution is -0.160. The second kappa shape index (κ2) is 7.46. The van der Waals surface area contributed by atoms with Crippen LogP contribution in [-0.4, -0.2) is 32.8 Å². The van der Waals surface area contributed by atoms with E-state index >= 15 is 0 Å². The van der Waals surface area contributed by atoms with E-state index in [4.69, 9.17) is 4.74 Å². The average molecular weight is 397 g/mol. The zero-order valence-electron chi connectivity index (χ0n) is 16.5. The van der Waals surface area contributed by atoms with Crippen LogP contribution in [0.4, 0.5) is 0 Å². The van der Waals surface area contributed by atoms with Gasteiger partial charge in [0, 0.05) is 23.8 Å². The Balaban J connectivity index is 1.89. The zero-order valence-corrected chi connectivity index (χ0v) is 18.1. The summed E-state index contributed by atoms with van der Waals surface area (Å²) in [6, 6.07) is 0. The summed E-state index contributed by atoms with van der Waals surface area (Å²) in [5, 5.41) is 10.8. The fraction of sp³-hybridized carbons (Fsp3) is 0.762. The van der Waals surface area contributed by atoms with Crippen LogP contribution in [0.3, 0.4) is 0 Å². The number of aliphatic hydroxyl groups is 1. The number of thioether (sulfide) groups is 2. The molecule has 0 bridgehead atoms. The molecule has 146 valence electrons. The Morgan fingerprint density at radius 1 is 1.27 bits per heavy atom. The summed E-state index contributed by atoms with van der Waals surface area (Å²) in [5.41, 5.74) is 1.81. The van der Waals surface area contributed by atoms with Crippen molar-refractivity contribution < 1.29 is 14.6 Å². The molecular formula is C21H32O3S2. The minimum Gasteiger partial charge on any atom is -0.512 e. The average Bonchev–Trinajstić information content (AvgIpc) is 3.13. The first-order valence-corrected chi connectivity index (χ1v) is 11.6. The lowest BCUT2D eigenvalue weighted by Crippen LogP contribution is -2.35. The Morgan fingerprint density at radius 3 is 2.50 bits per heavy atom. The molecule has 1 saturated carbocycles. The van der Waals surface area contributed by atoms with E-state index < -0.39 is 5.41 Å². The highest BCUT2D eigenvalue weighted by atomic mass is 32.2. The first-order chi connectivity index (χ1) is 12.1. The van der Waals surface area contributed by atoms with Crippen molar-refractivity contribution in [3.63, 3.8) is 0 Å². The molecule has 1 saturated heterocycles. The van der Waals surface area contributed by atoms with Gasteiger partial charge in [-0.2, -0.15) is 0 Å². The molecule has 0 aromatic heterocycles. The first kappa shape index (κ1) is 20.2. The van der Waals surface area contributed by atoms with E-state index in [1.165, 1.54) is 11.5 Å². The van der Waals surface area contributed by atoms with Gasteiger partial charge < -0.3 is 9.84 Å². The molecule has 3 rings (SSSR count). The number of aliphatic hydroxyl groups excluding tert-OH is 1. The molecule has 26 heavy (non-hydrogen) atoms. The van der Waals surface area contributed by atoms with Gasteiger partial charge in [0.1, 0.15) is 6.10 Å². The molecule has 3 nitrogen and oxygen atoms in total. The van der Waals surface area contributed by atoms with Crippen LogP contribution < -0.4 is 0 Å². The second-order valence-corrected chi connectivity index (χ2v) is 12.3. The van der Waals surface area contributed by atoms with Crippen molar-refractivity contribution in [3.8, 4) is 0 Å². The van der Waals surface area contributed by atoms with Crippen LogP contribution in [0.15, 0.2) is 23.5 Å². The van der Waals surface area contributed by atoms with E-state index in [-0.39, 0.29) is 22.1 Å². The molecule has 1 spiro atoms. The van der Waals surface area contributed by atoms with E-state index in [0.29, 0.717) is 18.1 Å². The molecule has 0 aromatic rings. The summed E-state index contributed by atoms with van der Waals surface area (Å²) in [7, 11) is 0. The molecule has 3 atom stereocenters. The minimum absolute atomic E-state index is 0.0982. The molecule has 5 heteroatoms. The number of hydrogen-bond acceptors (Lipinski definition) is 5. The quantitative estimate of drug-likeness (QED) is 0.478. The van der Waals surface area contributed by atoms with Gasteiger partial charge in [-0.15, -0.1) is 23.5 Å². The van der Waals surface area contributed by atoms with E-state index in [9.17, 15) is 9.90 Å². The molecule has 0 aromatic carbocycles. The van der Waals surface area contributed by atoms with E-state index in [2.05, 4.69) is 37.0 Å². The number of carbonyl (C=O) groups excluding carboxylic acids is 1. The molecule has 2 aliphatic carbocycles. The molecule has 1 N–H and O–H groups in total. The monoisotopic (exact) mass is 396 g/mol. The lowest BCUT2D eigenvalue weighted by atomic mass is 9.82. The number of rotatable bonds is 2. The third-order valence-electron chi connectivity index (χ3n) is 5.87. The number of carbonyl (C=O) groups is 1. The second-order valence-electron chi connectivity index (χ2n) is 9.07. The van der Waals surface area contributed by atoms with Gasteiger partial charge in [-0.3, -0.25) is 4.79 Å². The topological polar surface area (TPSA) is 46.5 Å². The fourth-order valence-electron chi connectivity index (χ4n) is 4.29. The van der Waals surface area contributed by atoms with Gasteiger partial charge in [0.15, 0.2) is 0 Å². The summed E-state index contributed by atoms with van der Waals surface area (Å²) < 4.78 is 6.11. The number of esters is 1. The standard InChI is InChI=1S/C21H32O3S2/c1-13(2)14-10-17(22)15-6-7-18(24-19(23)20(3,4)5)16(15)12-21(11-14)25-8-9-26-21/h14,16,18,22H,1,6-12H2,2-5H3/b17-15+/t14-,16-,18+/m0/s1. The fourth-order valence-corrected chi connectivity index (χ4v) is 7.77. The van der Waals surface area contributed by atoms with Crippen LogP contribution >= 0.6 is 23.5 Å². The third-order valence-corrected chi connectivity index (χ3v) is 9.38. The molecule has 1 aliphatic heterocycles. The summed E-state index contributed by atoms with van der Waals surface area (Å²) in [6.07, 6.45) is 4.28. The molecular weight excluding hydrogens is 364 g/mol. The van der Waals surface area contributed by atoms with Crippen molar-refractivity contribution in [1.82, 2.24) is 0 Å². The first-order valence-electron chi connectivity index (χ1n) is 9.66. The van der Waals surface area contributed by atoms with Crippen LogP contribution in [0.1, 0.15) is 59.8 Å². The van der Waals surface area contributed by atoms with Crippen molar-refractivity contribution in [2.75, 3.05) is 11.5 Å². The number of fused-ring (bicyclic) bond motifs is 1. The number of ether oxygens (including phenoxy) is 1. The Labute approximate surface area is 166 Å². The molecule has 0 radical (unpaired) electrons. The van der Waals surface area contributed by atoms with E-state index in [1.54, 1.807) is 0 Å². The normalized spacial score (nSPS) is 34.2. The Hall–Kier alpha value is -0.550. The summed E-state index contributed by atoms with van der Waals surface area (Å²) in [4.78, 5) is 12.5. The Morgan fingerprint density at radius 2 is 1.92 bits per heavy atom. The summed E-state index contributed by atoms with van der Waals surface area (Å²) in [6.45, 7) is 12.0. The summed E-state index contributed by atoms with van der Waals surface area (Å²) >= 11 is 4.13. The largest absolute Gasteiger partial charge is 0.512 e. The zero-order chi connectivity index (χ0) is 19.1. The van der Waals surface area contributed by atoms with Gasteiger partial charge in [0.05, 0.1) is 15.3 Å². The van der Waals surface area contributed by atoms with Crippen LogP contribution in [-0.2, 0) is 9.53 Å². The maximum Gasteiger partial charge on any atom is 0.311 e. The van der Waals surface area contributed by atoms with Crippen molar-refractivity contribution in [2.24, 2.45) is 17.3 Å². The molecule has 1 heterocycles. The maximum absolute atomic E-state index is 12.5. The van der Waals surface area contributed by atoms with Crippen molar-refractivity contribution in [3.05, 3.63) is 23.5 Å². The molecule has 3 aliphatic rings. The predicted octanol–water partition coefficient (Wildman–Crippen LogP) is 5.72. The highest BCUT2D eigenvalue weighted by molar-refractivity contribution is 8.21. The predicted molar refractivity (Wildman–Crippen MR) is 112 cm³/mol. The maximum atomic E-state index is 12.5. The van der Waals surface area contributed by atoms with Gasteiger partial charge in [-0.25, -0.2) is 0 Å². The van der Waals surface area contributed by atoms with Crippen LogP contribution in [0, 0.1) is 17.3 Å². The van der Waals surface area contributed by atoms with Crippen molar-refractivity contribution in [1.29, 1.82) is 0 Å². The van der Waals surface area contributed by atoms with Gasteiger partial charge in [-0.1, -0.05) is 12.2 Å². The smallest absolute Gasteiger partial charge is 0.311 e. The van der Waals surface area contributed by atoms with Gasteiger partial charge in [0.25, 0.3) is 0 Å².